The van der Waals surface area contributed by atoms with E-state index in [4.69, 9.17) is 5.11 Å². The van der Waals surface area contributed by atoms with Crippen molar-refractivity contribution in [2.75, 3.05) is 0 Å². The molecule has 4 heteroatoms. The van der Waals surface area contributed by atoms with Gasteiger partial charge < -0.3 is 5.11 Å². The number of aromatic carboxylic acids is 1. The molecule has 0 radical (unpaired) electrons. The van der Waals surface area contributed by atoms with Gasteiger partial charge >= 0.3 is 5.97 Å². The zero-order valence-corrected chi connectivity index (χ0v) is 11.0. The zero-order chi connectivity index (χ0) is 12.4. The van der Waals surface area contributed by atoms with Crippen molar-refractivity contribution in [1.82, 2.24) is 0 Å². The van der Waals surface area contributed by atoms with Gasteiger partial charge in [0, 0.05) is 4.47 Å². The van der Waals surface area contributed by atoms with E-state index in [1.54, 1.807) is 12.1 Å². The van der Waals surface area contributed by atoms with Crippen molar-refractivity contribution in [3.05, 3.63) is 33.5 Å². The van der Waals surface area contributed by atoms with E-state index in [1.165, 1.54) is 6.42 Å². The molecular formula is C13H14BrFO2. The van der Waals surface area contributed by atoms with Gasteiger partial charge in [-0.05, 0) is 46.3 Å². The third-order valence-electron chi connectivity index (χ3n) is 3.38. The van der Waals surface area contributed by atoms with Gasteiger partial charge in [-0.25, -0.2) is 9.18 Å². The first kappa shape index (κ1) is 12.6. The molecule has 1 aliphatic rings. The predicted molar refractivity (Wildman–Crippen MR) is 66.9 cm³/mol. The maximum Gasteiger partial charge on any atom is 0.339 e. The molecule has 0 aliphatic heterocycles. The van der Waals surface area contributed by atoms with Crippen molar-refractivity contribution in [2.24, 2.45) is 0 Å². The predicted octanol–water partition coefficient (Wildman–Crippen LogP) is 4.33. The van der Waals surface area contributed by atoms with Gasteiger partial charge in [0.25, 0.3) is 0 Å². The minimum atomic E-state index is -1.22. The Hall–Kier alpha value is -0.900. The summed E-state index contributed by atoms with van der Waals surface area (Å²) < 4.78 is 14.5. The molecule has 0 unspecified atom stereocenters. The van der Waals surface area contributed by atoms with Crippen molar-refractivity contribution in [3.8, 4) is 0 Å². The summed E-state index contributed by atoms with van der Waals surface area (Å²) in [6.07, 6.45) is 5.31. The van der Waals surface area contributed by atoms with E-state index in [0.29, 0.717) is 10.0 Å². The van der Waals surface area contributed by atoms with Crippen LogP contribution in [0.5, 0.6) is 0 Å². The van der Waals surface area contributed by atoms with Crippen LogP contribution in [0.2, 0.25) is 0 Å². The number of hydrogen-bond acceptors (Lipinski definition) is 1. The number of halogens is 2. The van der Waals surface area contributed by atoms with Gasteiger partial charge in [-0.3, -0.25) is 0 Å². The van der Waals surface area contributed by atoms with Crippen molar-refractivity contribution in [1.29, 1.82) is 0 Å². The first-order chi connectivity index (χ1) is 8.11. The van der Waals surface area contributed by atoms with E-state index in [1.807, 2.05) is 0 Å². The van der Waals surface area contributed by atoms with Crippen molar-refractivity contribution >= 4 is 21.9 Å². The zero-order valence-electron chi connectivity index (χ0n) is 9.38. The third-order valence-corrected chi connectivity index (χ3v) is 4.04. The maximum absolute atomic E-state index is 14.2. The lowest BCUT2D eigenvalue weighted by molar-refractivity contribution is 0.0690. The van der Waals surface area contributed by atoms with E-state index >= 15 is 0 Å². The Kier molecular flexibility index (Phi) is 3.82. The van der Waals surface area contributed by atoms with Gasteiger partial charge in [-0.2, -0.15) is 0 Å². The fourth-order valence-corrected chi connectivity index (χ4v) is 2.97. The van der Waals surface area contributed by atoms with Gasteiger partial charge in [0.2, 0.25) is 0 Å². The summed E-state index contributed by atoms with van der Waals surface area (Å²) in [6, 6.07) is 3.35. The van der Waals surface area contributed by atoms with Crippen LogP contribution >= 0.6 is 15.9 Å². The molecule has 1 aromatic carbocycles. The number of hydrogen-bond donors (Lipinski definition) is 1. The highest BCUT2D eigenvalue weighted by atomic mass is 79.9. The molecule has 1 fully saturated rings. The van der Waals surface area contributed by atoms with Gasteiger partial charge in [-0.1, -0.05) is 25.3 Å². The lowest BCUT2D eigenvalue weighted by Crippen LogP contribution is -2.11. The second-order valence-corrected chi connectivity index (χ2v) is 5.32. The van der Waals surface area contributed by atoms with Gasteiger partial charge in [0.15, 0.2) is 0 Å². The molecule has 2 rings (SSSR count). The average molecular weight is 301 g/mol. The number of carboxylic acids is 1. The molecule has 0 heterocycles. The molecule has 0 aromatic heterocycles. The fourth-order valence-electron chi connectivity index (χ4n) is 2.49. The van der Waals surface area contributed by atoms with Gasteiger partial charge in [-0.15, -0.1) is 0 Å². The number of rotatable bonds is 2. The molecule has 0 spiro atoms. The average Bonchev–Trinajstić information content (AvgIpc) is 2.30. The lowest BCUT2D eigenvalue weighted by Gasteiger charge is -2.23. The largest absolute Gasteiger partial charge is 0.478 e. The normalized spacial score (nSPS) is 17.1. The highest BCUT2D eigenvalue weighted by molar-refractivity contribution is 9.10. The number of benzene rings is 1. The Balaban J connectivity index is 2.41. The number of carboxylic acid groups (broad SMARTS) is 1. The summed E-state index contributed by atoms with van der Waals surface area (Å²) in [5, 5.41) is 9.00. The van der Waals surface area contributed by atoms with Crippen LogP contribution < -0.4 is 0 Å². The quantitative estimate of drug-likeness (QED) is 0.882. The van der Waals surface area contributed by atoms with Crippen LogP contribution in [-0.2, 0) is 0 Å². The third kappa shape index (κ3) is 2.51. The minimum absolute atomic E-state index is 0.176. The first-order valence-corrected chi connectivity index (χ1v) is 6.61. The smallest absolute Gasteiger partial charge is 0.339 e. The van der Waals surface area contributed by atoms with E-state index in [-0.39, 0.29) is 11.5 Å². The SMILES string of the molecule is O=C(O)c1c(Br)ccc(C2CCCCC2)c1F. The van der Waals surface area contributed by atoms with Gasteiger partial charge in [0.05, 0.1) is 0 Å². The second-order valence-electron chi connectivity index (χ2n) is 4.47. The van der Waals surface area contributed by atoms with Crippen LogP contribution in [0.4, 0.5) is 4.39 Å². The van der Waals surface area contributed by atoms with Gasteiger partial charge in [0.1, 0.15) is 11.4 Å². The Morgan fingerprint density at radius 2 is 1.94 bits per heavy atom. The van der Waals surface area contributed by atoms with E-state index in [9.17, 15) is 9.18 Å². The van der Waals surface area contributed by atoms with Crippen molar-refractivity contribution < 1.29 is 14.3 Å². The number of carbonyl (C=O) groups is 1. The van der Waals surface area contributed by atoms with Crippen LogP contribution in [-0.4, -0.2) is 11.1 Å². The summed E-state index contributed by atoms with van der Waals surface area (Å²) in [5.74, 6) is -1.61. The molecule has 17 heavy (non-hydrogen) atoms. The molecule has 1 aromatic rings. The summed E-state index contributed by atoms with van der Waals surface area (Å²) in [7, 11) is 0. The molecule has 0 amide bonds. The highest BCUT2D eigenvalue weighted by Crippen LogP contribution is 2.36. The molecule has 92 valence electrons. The fraction of sp³-hybridized carbons (Fsp3) is 0.462. The lowest BCUT2D eigenvalue weighted by atomic mass is 9.83. The molecule has 0 saturated heterocycles. The molecule has 1 aliphatic carbocycles. The monoisotopic (exact) mass is 300 g/mol. The van der Waals surface area contributed by atoms with Crippen LogP contribution in [0.1, 0.15) is 53.9 Å². The summed E-state index contributed by atoms with van der Waals surface area (Å²) in [6.45, 7) is 0. The Labute approximate surface area is 108 Å². The summed E-state index contributed by atoms with van der Waals surface area (Å²) >= 11 is 3.09. The van der Waals surface area contributed by atoms with E-state index in [0.717, 1.165) is 25.7 Å². The maximum atomic E-state index is 14.2. The van der Waals surface area contributed by atoms with Crippen LogP contribution in [0.25, 0.3) is 0 Å². The Bertz CT molecular complexity index is 439. The summed E-state index contributed by atoms with van der Waals surface area (Å²) in [4.78, 5) is 11.0. The molecular weight excluding hydrogens is 287 g/mol. The van der Waals surface area contributed by atoms with E-state index < -0.39 is 11.8 Å². The van der Waals surface area contributed by atoms with Crippen LogP contribution in [0.3, 0.4) is 0 Å². The topological polar surface area (TPSA) is 37.3 Å². The molecule has 1 saturated carbocycles. The van der Waals surface area contributed by atoms with E-state index in [2.05, 4.69) is 15.9 Å². The molecule has 0 bridgehead atoms. The van der Waals surface area contributed by atoms with Crippen LogP contribution in [0.15, 0.2) is 16.6 Å². The van der Waals surface area contributed by atoms with Crippen molar-refractivity contribution in [2.45, 2.75) is 38.0 Å². The summed E-state index contributed by atoms with van der Waals surface area (Å²) in [5.41, 5.74) is 0.318. The highest BCUT2D eigenvalue weighted by Gasteiger charge is 2.24. The molecule has 1 N–H and O–H groups in total. The second kappa shape index (κ2) is 5.17. The standard InChI is InChI=1S/C13H14BrFO2/c14-10-7-6-9(8-4-2-1-3-5-8)12(15)11(10)13(16)17/h6-8H,1-5H2,(H,16,17). The van der Waals surface area contributed by atoms with Crippen LogP contribution in [0, 0.1) is 5.82 Å². The van der Waals surface area contributed by atoms with Crippen molar-refractivity contribution in [3.63, 3.8) is 0 Å². The molecule has 0 atom stereocenters. The Morgan fingerprint density at radius 3 is 2.53 bits per heavy atom. The molecule has 2 nitrogen and oxygen atoms in total. The Morgan fingerprint density at radius 1 is 1.29 bits per heavy atom. The first-order valence-electron chi connectivity index (χ1n) is 5.82. The minimum Gasteiger partial charge on any atom is -0.478 e.